The lowest BCUT2D eigenvalue weighted by Crippen LogP contribution is -2.04. The summed E-state index contributed by atoms with van der Waals surface area (Å²) in [6.07, 6.45) is 2.26. The fourth-order valence-electron chi connectivity index (χ4n) is 1.29. The van der Waals surface area contributed by atoms with Gasteiger partial charge in [-0.2, -0.15) is 0 Å². The molecule has 0 unspecified atom stereocenters. The van der Waals surface area contributed by atoms with Gasteiger partial charge in [0.15, 0.2) is 11.6 Å². The Kier molecular flexibility index (Phi) is 4.47. The summed E-state index contributed by atoms with van der Waals surface area (Å²) in [5, 5.41) is 0. The highest BCUT2D eigenvalue weighted by atomic mass is 32.2. The third-order valence-electron chi connectivity index (χ3n) is 2.05. The van der Waals surface area contributed by atoms with Crippen LogP contribution < -0.4 is 5.73 Å². The van der Waals surface area contributed by atoms with Crippen molar-refractivity contribution >= 4 is 11.8 Å². The van der Waals surface area contributed by atoms with E-state index in [0.717, 1.165) is 17.8 Å². The lowest BCUT2D eigenvalue weighted by Gasteiger charge is -2.07. The van der Waals surface area contributed by atoms with Gasteiger partial charge in [0.25, 0.3) is 0 Å². The highest BCUT2D eigenvalue weighted by molar-refractivity contribution is 7.98. The maximum atomic E-state index is 13.4. The third kappa shape index (κ3) is 2.66. The number of hydrogen-bond donors (Lipinski definition) is 1. The summed E-state index contributed by atoms with van der Waals surface area (Å²) >= 11 is 0.854. The van der Waals surface area contributed by atoms with Gasteiger partial charge in [0.1, 0.15) is 5.82 Å². The molecule has 0 aliphatic heterocycles. The van der Waals surface area contributed by atoms with Gasteiger partial charge in [-0.05, 0) is 37.3 Å². The molecule has 0 aliphatic carbocycles. The highest BCUT2D eigenvalue weighted by Crippen LogP contribution is 2.27. The minimum absolute atomic E-state index is 0.0493. The largest absolute Gasteiger partial charge is 0.330 e. The summed E-state index contributed by atoms with van der Waals surface area (Å²) < 4.78 is 39.9. The van der Waals surface area contributed by atoms with Crippen molar-refractivity contribution in [3.63, 3.8) is 0 Å². The van der Waals surface area contributed by atoms with Gasteiger partial charge in [-0.15, -0.1) is 11.8 Å². The first-order valence-electron chi connectivity index (χ1n) is 4.52. The van der Waals surface area contributed by atoms with E-state index in [0.29, 0.717) is 13.0 Å². The summed E-state index contributed by atoms with van der Waals surface area (Å²) in [5.74, 6) is -2.78. The lowest BCUT2D eigenvalue weighted by molar-refractivity contribution is 0.457. The summed E-state index contributed by atoms with van der Waals surface area (Å²) in [4.78, 5) is -0.274. The Bertz CT molecular complexity index is 355. The maximum absolute atomic E-state index is 13.4. The second-order valence-corrected chi connectivity index (χ2v) is 3.89. The SMILES string of the molecule is CSc1c(F)cc(CCCN)c(F)c1F. The smallest absolute Gasteiger partial charge is 0.175 e. The first-order chi connectivity index (χ1) is 7.11. The molecule has 0 fully saturated rings. The summed E-state index contributed by atoms with van der Waals surface area (Å²) in [6.45, 7) is 0.368. The van der Waals surface area contributed by atoms with E-state index in [1.54, 1.807) is 0 Å². The van der Waals surface area contributed by atoms with Crippen molar-refractivity contribution in [3.05, 3.63) is 29.1 Å². The Morgan fingerprint density at radius 2 is 1.93 bits per heavy atom. The van der Waals surface area contributed by atoms with Crippen LogP contribution in [0.25, 0.3) is 0 Å². The standard InChI is InChI=1S/C10H12F3NS/c1-15-10-7(11)5-6(3-2-4-14)8(12)9(10)13/h5H,2-4,14H2,1H3. The second-order valence-electron chi connectivity index (χ2n) is 3.07. The molecular weight excluding hydrogens is 223 g/mol. The van der Waals surface area contributed by atoms with Crippen molar-refractivity contribution in [1.29, 1.82) is 0 Å². The molecule has 2 N–H and O–H groups in total. The molecule has 5 heteroatoms. The number of thioether (sulfide) groups is 1. The Morgan fingerprint density at radius 3 is 2.47 bits per heavy atom. The van der Waals surface area contributed by atoms with Gasteiger partial charge in [-0.25, -0.2) is 13.2 Å². The molecule has 1 nitrogen and oxygen atoms in total. The van der Waals surface area contributed by atoms with Gasteiger partial charge in [-0.3, -0.25) is 0 Å². The van der Waals surface area contributed by atoms with Crippen LogP contribution >= 0.6 is 11.8 Å². The average Bonchev–Trinajstić information content (AvgIpc) is 2.22. The van der Waals surface area contributed by atoms with Crippen LogP contribution in [0.3, 0.4) is 0 Å². The molecule has 84 valence electrons. The van der Waals surface area contributed by atoms with E-state index in [1.807, 2.05) is 0 Å². The number of nitrogens with two attached hydrogens (primary N) is 1. The van der Waals surface area contributed by atoms with Gasteiger partial charge >= 0.3 is 0 Å². The van der Waals surface area contributed by atoms with Gasteiger partial charge in [0, 0.05) is 0 Å². The van der Waals surface area contributed by atoms with Gasteiger partial charge in [0.05, 0.1) is 4.90 Å². The zero-order valence-electron chi connectivity index (χ0n) is 8.32. The Balaban J connectivity index is 3.10. The predicted octanol–water partition coefficient (Wildman–Crippen LogP) is 2.72. The molecule has 0 heterocycles. The predicted molar refractivity (Wildman–Crippen MR) is 55.5 cm³/mol. The molecule has 0 aromatic heterocycles. The van der Waals surface area contributed by atoms with Crippen LogP contribution in [0.4, 0.5) is 13.2 Å². The fraction of sp³-hybridized carbons (Fsp3) is 0.400. The molecule has 0 radical (unpaired) electrons. The maximum Gasteiger partial charge on any atom is 0.175 e. The monoisotopic (exact) mass is 235 g/mol. The number of halogens is 3. The molecule has 0 saturated heterocycles. The van der Waals surface area contributed by atoms with E-state index in [1.165, 1.54) is 6.26 Å². The molecule has 0 saturated carbocycles. The molecular formula is C10H12F3NS. The average molecular weight is 235 g/mol. The summed E-state index contributed by atoms with van der Waals surface area (Å²) in [6, 6.07) is 1.04. The summed E-state index contributed by atoms with van der Waals surface area (Å²) in [5.41, 5.74) is 5.29. The first kappa shape index (κ1) is 12.4. The first-order valence-corrected chi connectivity index (χ1v) is 5.74. The Morgan fingerprint density at radius 1 is 1.27 bits per heavy atom. The van der Waals surface area contributed by atoms with Crippen LogP contribution in [0.2, 0.25) is 0 Å². The molecule has 0 bridgehead atoms. The normalized spacial score (nSPS) is 10.7. The number of rotatable bonds is 4. The van der Waals surface area contributed by atoms with E-state index in [9.17, 15) is 13.2 Å². The second kappa shape index (κ2) is 5.42. The van der Waals surface area contributed by atoms with Crippen molar-refractivity contribution in [2.75, 3.05) is 12.8 Å². The van der Waals surface area contributed by atoms with Crippen LogP contribution in [0.15, 0.2) is 11.0 Å². The Hall–Kier alpha value is -0.680. The van der Waals surface area contributed by atoms with Crippen molar-refractivity contribution in [2.24, 2.45) is 5.73 Å². The van der Waals surface area contributed by atoms with Crippen molar-refractivity contribution < 1.29 is 13.2 Å². The van der Waals surface area contributed by atoms with E-state index in [-0.39, 0.29) is 16.9 Å². The van der Waals surface area contributed by atoms with Crippen LogP contribution in [-0.2, 0) is 6.42 Å². The highest BCUT2D eigenvalue weighted by Gasteiger charge is 2.17. The fourth-order valence-corrected chi connectivity index (χ4v) is 1.81. The summed E-state index contributed by atoms with van der Waals surface area (Å²) in [7, 11) is 0. The van der Waals surface area contributed by atoms with Gasteiger partial charge in [-0.1, -0.05) is 0 Å². The van der Waals surface area contributed by atoms with E-state index in [2.05, 4.69) is 0 Å². The van der Waals surface area contributed by atoms with Crippen LogP contribution in [0, 0.1) is 17.5 Å². The molecule has 1 aromatic carbocycles. The quantitative estimate of drug-likeness (QED) is 0.641. The topological polar surface area (TPSA) is 26.0 Å². The van der Waals surface area contributed by atoms with Crippen molar-refractivity contribution in [1.82, 2.24) is 0 Å². The molecule has 1 aromatic rings. The molecule has 0 atom stereocenters. The number of benzene rings is 1. The number of aryl methyl sites for hydroxylation is 1. The number of hydrogen-bond acceptors (Lipinski definition) is 2. The van der Waals surface area contributed by atoms with Gasteiger partial charge in [0.2, 0.25) is 0 Å². The van der Waals surface area contributed by atoms with Crippen molar-refractivity contribution in [3.8, 4) is 0 Å². The molecule has 0 spiro atoms. The minimum atomic E-state index is -1.10. The van der Waals surface area contributed by atoms with Crippen LogP contribution in [-0.4, -0.2) is 12.8 Å². The minimum Gasteiger partial charge on any atom is -0.330 e. The molecule has 1 rings (SSSR count). The molecule has 15 heavy (non-hydrogen) atoms. The van der Waals surface area contributed by atoms with Crippen LogP contribution in [0.1, 0.15) is 12.0 Å². The van der Waals surface area contributed by atoms with E-state index >= 15 is 0 Å². The Labute approximate surface area is 90.9 Å². The molecule has 0 aliphatic rings. The van der Waals surface area contributed by atoms with Gasteiger partial charge < -0.3 is 5.73 Å². The molecule has 0 amide bonds. The zero-order valence-corrected chi connectivity index (χ0v) is 9.13. The zero-order chi connectivity index (χ0) is 11.4. The lowest BCUT2D eigenvalue weighted by atomic mass is 10.1. The van der Waals surface area contributed by atoms with E-state index < -0.39 is 17.5 Å². The van der Waals surface area contributed by atoms with Crippen LogP contribution in [0.5, 0.6) is 0 Å². The van der Waals surface area contributed by atoms with Crippen molar-refractivity contribution in [2.45, 2.75) is 17.7 Å². The van der Waals surface area contributed by atoms with E-state index in [4.69, 9.17) is 5.73 Å². The third-order valence-corrected chi connectivity index (χ3v) is 2.83.